The zero-order valence-electron chi connectivity index (χ0n) is 5.92. The maximum absolute atomic E-state index is 10.9. The summed E-state index contributed by atoms with van der Waals surface area (Å²) >= 11 is 0. The van der Waals surface area contributed by atoms with Crippen molar-refractivity contribution in [1.82, 2.24) is 5.48 Å². The minimum absolute atomic E-state index is 0.271. The van der Waals surface area contributed by atoms with Crippen molar-refractivity contribution in [2.75, 3.05) is 13.2 Å². The summed E-state index contributed by atoms with van der Waals surface area (Å²) in [7, 11) is 0. The van der Waals surface area contributed by atoms with E-state index < -0.39 is 0 Å². The van der Waals surface area contributed by atoms with Gasteiger partial charge in [0, 0.05) is 13.0 Å². The fourth-order valence-corrected chi connectivity index (χ4v) is 0.810. The third-order valence-corrected chi connectivity index (χ3v) is 1.28. The van der Waals surface area contributed by atoms with Gasteiger partial charge in [0.2, 0.25) is 0 Å². The summed E-state index contributed by atoms with van der Waals surface area (Å²) < 4.78 is 4.72. The lowest BCUT2D eigenvalue weighted by atomic mass is 10.3. The molecule has 0 aromatic rings. The molecule has 4 nitrogen and oxygen atoms in total. The van der Waals surface area contributed by atoms with Gasteiger partial charge in [0.1, 0.15) is 0 Å². The van der Waals surface area contributed by atoms with Gasteiger partial charge in [0.05, 0.1) is 6.61 Å². The van der Waals surface area contributed by atoms with Gasteiger partial charge in [-0.2, -0.15) is 0 Å². The number of rotatable bonds is 2. The molecule has 1 N–H and O–H groups in total. The fourth-order valence-electron chi connectivity index (χ4n) is 0.810. The molecule has 0 unspecified atom stereocenters. The number of hydroxylamine groups is 1. The number of carbonyl (C=O) groups is 1. The number of esters is 1. The van der Waals surface area contributed by atoms with Crippen molar-refractivity contribution in [3.63, 3.8) is 0 Å². The second kappa shape index (κ2) is 3.53. The number of carbonyl (C=O) groups excluding carboxylic acids is 1. The lowest BCUT2D eigenvalue weighted by Gasteiger charge is -2.05. The standard InChI is InChI=1S/C6H11NO3/c1-2-9-6(8)5-3-4-7-10-5/h5,7H,2-4H2,1H3/t5-/m0/s1. The van der Waals surface area contributed by atoms with Gasteiger partial charge in [-0.25, -0.2) is 10.3 Å². The first-order valence-corrected chi connectivity index (χ1v) is 3.39. The van der Waals surface area contributed by atoms with Crippen LogP contribution in [0.2, 0.25) is 0 Å². The van der Waals surface area contributed by atoms with Crippen molar-refractivity contribution in [1.29, 1.82) is 0 Å². The summed E-state index contributed by atoms with van der Waals surface area (Å²) in [5, 5.41) is 0. The normalized spacial score (nSPS) is 24.7. The molecule has 0 amide bonds. The molecule has 1 aliphatic heterocycles. The maximum atomic E-state index is 10.9. The quantitative estimate of drug-likeness (QED) is 0.548. The zero-order valence-corrected chi connectivity index (χ0v) is 5.92. The summed E-state index contributed by atoms with van der Waals surface area (Å²) in [6, 6.07) is 0. The summed E-state index contributed by atoms with van der Waals surface area (Å²) in [5.41, 5.74) is 2.61. The molecule has 0 bridgehead atoms. The van der Waals surface area contributed by atoms with Crippen molar-refractivity contribution in [2.45, 2.75) is 19.4 Å². The van der Waals surface area contributed by atoms with Crippen LogP contribution in [0, 0.1) is 0 Å². The van der Waals surface area contributed by atoms with Crippen LogP contribution < -0.4 is 5.48 Å². The van der Waals surface area contributed by atoms with Gasteiger partial charge in [0.15, 0.2) is 6.10 Å². The first kappa shape index (κ1) is 7.50. The van der Waals surface area contributed by atoms with Crippen LogP contribution >= 0.6 is 0 Å². The molecule has 1 heterocycles. The van der Waals surface area contributed by atoms with Crippen LogP contribution in [0.5, 0.6) is 0 Å². The zero-order chi connectivity index (χ0) is 7.40. The predicted molar refractivity (Wildman–Crippen MR) is 34.1 cm³/mol. The molecule has 1 aliphatic rings. The Morgan fingerprint density at radius 2 is 2.70 bits per heavy atom. The van der Waals surface area contributed by atoms with Crippen molar-refractivity contribution >= 4 is 5.97 Å². The van der Waals surface area contributed by atoms with Gasteiger partial charge in [-0.05, 0) is 6.92 Å². The predicted octanol–water partition coefficient (Wildman–Crippen LogP) is -0.157. The third kappa shape index (κ3) is 1.68. The average Bonchev–Trinajstić information content (AvgIpc) is 2.38. The summed E-state index contributed by atoms with van der Waals surface area (Å²) in [5.74, 6) is -0.271. The molecule has 10 heavy (non-hydrogen) atoms. The van der Waals surface area contributed by atoms with Crippen molar-refractivity contribution in [3.8, 4) is 0 Å². The van der Waals surface area contributed by atoms with Crippen LogP contribution in [0.25, 0.3) is 0 Å². The van der Waals surface area contributed by atoms with E-state index in [1.165, 1.54) is 0 Å². The average molecular weight is 145 g/mol. The molecule has 4 heteroatoms. The van der Waals surface area contributed by atoms with E-state index in [-0.39, 0.29) is 12.1 Å². The van der Waals surface area contributed by atoms with E-state index in [0.29, 0.717) is 13.0 Å². The summed E-state index contributed by atoms with van der Waals surface area (Å²) in [4.78, 5) is 15.7. The topological polar surface area (TPSA) is 47.6 Å². The van der Waals surface area contributed by atoms with Crippen molar-refractivity contribution in [2.24, 2.45) is 0 Å². The Labute approximate surface area is 59.5 Å². The van der Waals surface area contributed by atoms with Crippen LogP contribution in [0.15, 0.2) is 0 Å². The van der Waals surface area contributed by atoms with Gasteiger partial charge in [-0.15, -0.1) is 0 Å². The second-order valence-corrected chi connectivity index (χ2v) is 2.04. The highest BCUT2D eigenvalue weighted by Crippen LogP contribution is 2.04. The second-order valence-electron chi connectivity index (χ2n) is 2.04. The van der Waals surface area contributed by atoms with Crippen LogP contribution in [0.1, 0.15) is 13.3 Å². The van der Waals surface area contributed by atoms with Crippen molar-refractivity contribution < 1.29 is 14.4 Å². The number of ether oxygens (including phenoxy) is 1. The van der Waals surface area contributed by atoms with Crippen LogP contribution in [0.4, 0.5) is 0 Å². The highest BCUT2D eigenvalue weighted by molar-refractivity contribution is 5.74. The molecular formula is C6H11NO3. The summed E-state index contributed by atoms with van der Waals surface area (Å²) in [6.45, 7) is 2.92. The Hall–Kier alpha value is -0.610. The maximum Gasteiger partial charge on any atom is 0.337 e. The molecule has 1 fully saturated rings. The smallest absolute Gasteiger partial charge is 0.337 e. The highest BCUT2D eigenvalue weighted by Gasteiger charge is 2.24. The molecule has 0 radical (unpaired) electrons. The Balaban J connectivity index is 2.25. The van der Waals surface area contributed by atoms with Crippen LogP contribution in [0.3, 0.4) is 0 Å². The van der Waals surface area contributed by atoms with Crippen LogP contribution in [-0.2, 0) is 14.4 Å². The Bertz CT molecular complexity index is 120. The lowest BCUT2D eigenvalue weighted by Crippen LogP contribution is -2.23. The Morgan fingerprint density at radius 1 is 1.90 bits per heavy atom. The van der Waals surface area contributed by atoms with E-state index in [2.05, 4.69) is 5.48 Å². The number of hydrogen-bond donors (Lipinski definition) is 1. The minimum Gasteiger partial charge on any atom is -0.464 e. The number of nitrogens with one attached hydrogen (secondary N) is 1. The molecule has 1 saturated heterocycles. The molecular weight excluding hydrogens is 134 g/mol. The summed E-state index contributed by atoms with van der Waals surface area (Å²) in [6.07, 6.45) is 0.318. The molecule has 1 atom stereocenters. The first-order valence-electron chi connectivity index (χ1n) is 3.39. The van der Waals surface area contributed by atoms with E-state index in [4.69, 9.17) is 9.57 Å². The van der Waals surface area contributed by atoms with Gasteiger partial charge < -0.3 is 4.74 Å². The monoisotopic (exact) mass is 145 g/mol. The minimum atomic E-state index is -0.389. The highest BCUT2D eigenvalue weighted by atomic mass is 16.7. The van der Waals surface area contributed by atoms with Gasteiger partial charge in [0.25, 0.3) is 0 Å². The number of hydrogen-bond acceptors (Lipinski definition) is 4. The Morgan fingerprint density at radius 3 is 3.20 bits per heavy atom. The molecule has 58 valence electrons. The SMILES string of the molecule is CCOC(=O)[C@@H]1CCNO1. The largest absolute Gasteiger partial charge is 0.464 e. The van der Waals surface area contributed by atoms with E-state index in [1.807, 2.05) is 0 Å². The first-order chi connectivity index (χ1) is 4.84. The van der Waals surface area contributed by atoms with Gasteiger partial charge in [-0.1, -0.05) is 0 Å². The lowest BCUT2D eigenvalue weighted by molar-refractivity contribution is -0.156. The Kier molecular flexibility index (Phi) is 2.65. The van der Waals surface area contributed by atoms with Crippen molar-refractivity contribution in [3.05, 3.63) is 0 Å². The van der Waals surface area contributed by atoms with E-state index in [1.54, 1.807) is 6.92 Å². The van der Waals surface area contributed by atoms with Crippen LogP contribution in [-0.4, -0.2) is 25.2 Å². The van der Waals surface area contributed by atoms with E-state index in [0.717, 1.165) is 6.54 Å². The molecule has 0 aromatic carbocycles. The molecule has 1 rings (SSSR count). The third-order valence-electron chi connectivity index (χ3n) is 1.28. The molecule has 0 aromatic heterocycles. The molecule has 0 saturated carbocycles. The molecule has 0 aliphatic carbocycles. The van der Waals surface area contributed by atoms with Gasteiger partial charge in [-0.3, -0.25) is 4.84 Å². The molecule has 0 spiro atoms. The van der Waals surface area contributed by atoms with Gasteiger partial charge >= 0.3 is 5.97 Å². The van der Waals surface area contributed by atoms with E-state index >= 15 is 0 Å². The van der Waals surface area contributed by atoms with E-state index in [9.17, 15) is 4.79 Å². The fraction of sp³-hybridized carbons (Fsp3) is 0.833.